The van der Waals surface area contributed by atoms with Gasteiger partial charge in [-0.25, -0.2) is 0 Å². The number of hydrogen-bond donors (Lipinski definition) is 0. The van der Waals surface area contributed by atoms with Crippen LogP contribution in [0.15, 0.2) is 0 Å². The molecule has 138 valence electrons. The van der Waals surface area contributed by atoms with E-state index in [-0.39, 0.29) is 26.2 Å². The Kier molecular flexibility index (Phi) is 17.5. The van der Waals surface area contributed by atoms with E-state index < -0.39 is 17.6 Å². The summed E-state index contributed by atoms with van der Waals surface area (Å²) in [5.41, 5.74) is 0. The summed E-state index contributed by atoms with van der Waals surface area (Å²) in [4.78, 5) is 0. The van der Waals surface area contributed by atoms with Crippen LogP contribution in [0.4, 0.5) is 0 Å². The van der Waals surface area contributed by atoms with Crippen molar-refractivity contribution in [2.24, 2.45) is 0 Å². The molecule has 0 radical (unpaired) electrons. The second-order valence-electron chi connectivity index (χ2n) is 4.46. The first-order valence-electron chi connectivity index (χ1n) is 8.41. The van der Waals surface area contributed by atoms with Crippen LogP contribution in [0.5, 0.6) is 0 Å². The van der Waals surface area contributed by atoms with Crippen LogP contribution < -0.4 is 0 Å². The Labute approximate surface area is 163 Å². The third kappa shape index (κ3) is 9.96. The van der Waals surface area contributed by atoms with Gasteiger partial charge in [0.15, 0.2) is 0 Å². The average Bonchev–Trinajstić information content (AvgIpc) is 2.47. The van der Waals surface area contributed by atoms with Crippen molar-refractivity contribution in [3.05, 3.63) is 0 Å². The molecular formula is C14H34O6Si2Zr. The summed E-state index contributed by atoms with van der Waals surface area (Å²) in [6, 6.07) is 1.30. The molecule has 0 aromatic carbocycles. The van der Waals surface area contributed by atoms with E-state index in [9.17, 15) is 0 Å². The first kappa shape index (κ1) is 26.3. The van der Waals surface area contributed by atoms with Gasteiger partial charge in [-0.15, -0.1) is 0 Å². The zero-order chi connectivity index (χ0) is 16.9. The van der Waals surface area contributed by atoms with E-state index in [4.69, 9.17) is 26.6 Å². The Balaban J connectivity index is 0. The topological polar surface area (TPSA) is 55.4 Å². The van der Waals surface area contributed by atoms with Gasteiger partial charge in [0.05, 0.1) is 0 Å². The van der Waals surface area contributed by atoms with Crippen molar-refractivity contribution in [2.45, 2.75) is 53.6 Å². The fourth-order valence-corrected chi connectivity index (χ4v) is 8.76. The van der Waals surface area contributed by atoms with Crippen LogP contribution in [0, 0.1) is 0 Å². The largest absolute Gasteiger partial charge is 0.500 e. The Bertz CT molecular complexity index is 214. The van der Waals surface area contributed by atoms with Gasteiger partial charge < -0.3 is 26.6 Å². The summed E-state index contributed by atoms with van der Waals surface area (Å²) in [6.07, 6.45) is 0. The molecule has 0 bridgehead atoms. The van der Waals surface area contributed by atoms with Gasteiger partial charge in [-0.2, -0.15) is 0 Å². The third-order valence-electron chi connectivity index (χ3n) is 2.92. The molecule has 0 rings (SSSR count). The fourth-order valence-electron chi connectivity index (χ4n) is 2.31. The van der Waals surface area contributed by atoms with Crippen molar-refractivity contribution in [2.75, 3.05) is 39.6 Å². The van der Waals surface area contributed by atoms with Gasteiger partial charge in [-0.1, -0.05) is 0 Å². The van der Waals surface area contributed by atoms with Crippen molar-refractivity contribution in [3.63, 3.8) is 0 Å². The van der Waals surface area contributed by atoms with Crippen LogP contribution in [0.25, 0.3) is 0 Å². The SMILES string of the molecule is CCO[Si](CC[Si](OCC)(OCC)OCC)(OCC)OCC.[Zr]. The second kappa shape index (κ2) is 15.3. The summed E-state index contributed by atoms with van der Waals surface area (Å²) in [6.45, 7) is 15.1. The first-order chi connectivity index (χ1) is 10.6. The Morgan fingerprint density at radius 3 is 0.739 bits per heavy atom. The molecule has 9 heteroatoms. The maximum absolute atomic E-state index is 5.89. The van der Waals surface area contributed by atoms with Crippen LogP contribution in [0.3, 0.4) is 0 Å². The van der Waals surface area contributed by atoms with Gasteiger partial charge in [0, 0.05) is 77.9 Å². The van der Waals surface area contributed by atoms with Crippen molar-refractivity contribution in [3.8, 4) is 0 Å². The van der Waals surface area contributed by atoms with E-state index in [1.165, 1.54) is 0 Å². The Morgan fingerprint density at radius 1 is 0.435 bits per heavy atom. The quantitative estimate of drug-likeness (QED) is 0.361. The van der Waals surface area contributed by atoms with E-state index in [0.29, 0.717) is 51.7 Å². The zero-order valence-electron chi connectivity index (χ0n) is 15.6. The molecule has 0 aromatic rings. The molecule has 0 fully saturated rings. The minimum absolute atomic E-state index is 0. The van der Waals surface area contributed by atoms with E-state index in [1.54, 1.807) is 0 Å². The predicted molar refractivity (Wildman–Crippen MR) is 90.9 cm³/mol. The molecule has 0 aromatic heterocycles. The molecule has 0 amide bonds. The van der Waals surface area contributed by atoms with Gasteiger partial charge in [-0.05, 0) is 41.5 Å². The molecule has 0 aliphatic rings. The summed E-state index contributed by atoms with van der Waals surface area (Å²) in [5.74, 6) is 0. The zero-order valence-corrected chi connectivity index (χ0v) is 20.1. The molecule has 0 saturated heterocycles. The monoisotopic (exact) mass is 444 g/mol. The van der Waals surface area contributed by atoms with Gasteiger partial charge in [-0.3, -0.25) is 0 Å². The first-order valence-corrected chi connectivity index (χ1v) is 12.3. The minimum Gasteiger partial charge on any atom is -0.374 e. The van der Waals surface area contributed by atoms with Crippen molar-refractivity contribution < 1.29 is 52.8 Å². The minimum atomic E-state index is -2.70. The van der Waals surface area contributed by atoms with Gasteiger partial charge in [0.1, 0.15) is 0 Å². The number of hydrogen-bond acceptors (Lipinski definition) is 6. The van der Waals surface area contributed by atoms with Crippen LogP contribution >= 0.6 is 0 Å². The second-order valence-corrected chi connectivity index (χ2v) is 9.93. The normalized spacial score (nSPS) is 12.3. The summed E-state index contributed by atoms with van der Waals surface area (Å²) >= 11 is 0. The van der Waals surface area contributed by atoms with Crippen LogP contribution in [-0.4, -0.2) is 57.3 Å². The van der Waals surface area contributed by atoms with E-state index in [2.05, 4.69) is 0 Å². The molecule has 0 N–H and O–H groups in total. The van der Waals surface area contributed by atoms with E-state index >= 15 is 0 Å². The molecule has 0 unspecified atom stereocenters. The average molecular weight is 446 g/mol. The fraction of sp³-hybridized carbons (Fsp3) is 1.00. The summed E-state index contributed by atoms with van der Waals surface area (Å²) < 4.78 is 35.3. The van der Waals surface area contributed by atoms with Gasteiger partial charge in [0.2, 0.25) is 0 Å². The van der Waals surface area contributed by atoms with Crippen LogP contribution in [0.1, 0.15) is 41.5 Å². The Morgan fingerprint density at radius 2 is 0.609 bits per heavy atom. The standard InChI is InChI=1S/C14H34O6Si2.Zr/c1-7-15-21(16-8-2,17-9-3)13-14-22(18-10-4,19-11-5)20-12-6;/h7-14H2,1-6H3;. The van der Waals surface area contributed by atoms with Crippen LogP contribution in [0.2, 0.25) is 12.1 Å². The summed E-state index contributed by atoms with van der Waals surface area (Å²) in [7, 11) is -5.40. The molecule has 0 heterocycles. The molecule has 0 spiro atoms. The molecule has 23 heavy (non-hydrogen) atoms. The molecule has 0 aliphatic carbocycles. The van der Waals surface area contributed by atoms with Gasteiger partial charge >= 0.3 is 17.6 Å². The van der Waals surface area contributed by atoms with Gasteiger partial charge in [0.25, 0.3) is 0 Å². The molecule has 6 nitrogen and oxygen atoms in total. The predicted octanol–water partition coefficient (Wildman–Crippen LogP) is 3.08. The van der Waals surface area contributed by atoms with Crippen LogP contribution in [-0.2, 0) is 52.8 Å². The van der Waals surface area contributed by atoms with Crippen molar-refractivity contribution in [1.82, 2.24) is 0 Å². The Hall–Kier alpha value is 1.08. The molecule has 0 atom stereocenters. The maximum Gasteiger partial charge on any atom is 0.500 e. The van der Waals surface area contributed by atoms with Crippen molar-refractivity contribution >= 4 is 17.6 Å². The molecular weight excluding hydrogens is 412 g/mol. The van der Waals surface area contributed by atoms with E-state index in [1.807, 2.05) is 41.5 Å². The number of rotatable bonds is 15. The molecule has 0 saturated carbocycles. The molecule has 0 aliphatic heterocycles. The van der Waals surface area contributed by atoms with E-state index in [0.717, 1.165) is 0 Å². The smallest absolute Gasteiger partial charge is 0.374 e. The third-order valence-corrected chi connectivity index (χ3v) is 9.52. The maximum atomic E-state index is 5.89. The summed E-state index contributed by atoms with van der Waals surface area (Å²) in [5, 5.41) is 0. The van der Waals surface area contributed by atoms with Crippen molar-refractivity contribution in [1.29, 1.82) is 0 Å².